The Morgan fingerprint density at radius 2 is 1.87 bits per heavy atom. The molecule has 0 saturated heterocycles. The van der Waals surface area contributed by atoms with Crippen LogP contribution in [-0.2, 0) is 11.3 Å². The highest BCUT2D eigenvalue weighted by Crippen LogP contribution is 2.25. The highest BCUT2D eigenvalue weighted by Gasteiger charge is 2.11. The first kappa shape index (κ1) is 18.0. The molecule has 0 saturated carbocycles. The largest absolute Gasteiger partial charge is 0.383 e. The SMILES string of the molecule is COCCN(Cc1ccccc1)C(=S)Nc1ccc(Cl)c(Cl)c1. The number of benzene rings is 2. The van der Waals surface area contributed by atoms with Gasteiger partial charge < -0.3 is 15.0 Å². The fourth-order valence-electron chi connectivity index (χ4n) is 2.03. The van der Waals surface area contributed by atoms with E-state index < -0.39 is 0 Å². The lowest BCUT2D eigenvalue weighted by Gasteiger charge is -2.26. The maximum atomic E-state index is 6.04. The van der Waals surface area contributed by atoms with Gasteiger partial charge in [0.05, 0.1) is 16.7 Å². The number of anilines is 1. The van der Waals surface area contributed by atoms with Gasteiger partial charge in [-0.15, -0.1) is 0 Å². The molecular formula is C17H18Cl2N2OS. The van der Waals surface area contributed by atoms with Crippen molar-refractivity contribution in [1.82, 2.24) is 4.90 Å². The predicted octanol–water partition coefficient (Wildman–Crippen LogP) is 4.84. The third-order valence-corrected chi connectivity index (χ3v) is 4.34. The number of rotatable bonds is 6. The lowest BCUT2D eigenvalue weighted by Crippen LogP contribution is -2.36. The summed E-state index contributed by atoms with van der Waals surface area (Å²) in [5.74, 6) is 0. The number of nitrogens with one attached hydrogen (secondary N) is 1. The Kier molecular flexibility index (Phi) is 7.12. The molecule has 0 radical (unpaired) electrons. The van der Waals surface area contributed by atoms with Crippen molar-refractivity contribution in [2.45, 2.75) is 6.54 Å². The van der Waals surface area contributed by atoms with Crippen LogP contribution in [0.25, 0.3) is 0 Å². The minimum Gasteiger partial charge on any atom is -0.383 e. The summed E-state index contributed by atoms with van der Waals surface area (Å²) in [5.41, 5.74) is 1.99. The van der Waals surface area contributed by atoms with E-state index >= 15 is 0 Å². The molecule has 0 aromatic heterocycles. The Balaban J connectivity index is 2.07. The lowest BCUT2D eigenvalue weighted by atomic mass is 10.2. The molecule has 0 spiro atoms. The van der Waals surface area contributed by atoms with Crippen molar-refractivity contribution < 1.29 is 4.74 Å². The topological polar surface area (TPSA) is 24.5 Å². The highest BCUT2D eigenvalue weighted by molar-refractivity contribution is 7.80. The summed E-state index contributed by atoms with van der Waals surface area (Å²) in [4.78, 5) is 2.05. The van der Waals surface area contributed by atoms with Crippen LogP contribution in [0, 0.1) is 0 Å². The van der Waals surface area contributed by atoms with Gasteiger partial charge in [-0.1, -0.05) is 53.5 Å². The van der Waals surface area contributed by atoms with E-state index in [-0.39, 0.29) is 0 Å². The Labute approximate surface area is 152 Å². The van der Waals surface area contributed by atoms with Crippen LogP contribution in [0.4, 0.5) is 5.69 Å². The molecule has 0 bridgehead atoms. The number of hydrogen-bond donors (Lipinski definition) is 1. The van der Waals surface area contributed by atoms with E-state index in [9.17, 15) is 0 Å². The van der Waals surface area contributed by atoms with Crippen molar-refractivity contribution >= 4 is 46.2 Å². The molecule has 0 unspecified atom stereocenters. The Bertz CT molecular complexity index is 652. The molecular weight excluding hydrogens is 351 g/mol. The van der Waals surface area contributed by atoms with Gasteiger partial charge >= 0.3 is 0 Å². The minimum absolute atomic E-state index is 0.492. The van der Waals surface area contributed by atoms with Gasteiger partial charge in [0, 0.05) is 25.9 Å². The molecule has 0 fully saturated rings. The molecule has 0 atom stereocenters. The number of hydrogen-bond acceptors (Lipinski definition) is 2. The van der Waals surface area contributed by atoms with Crippen molar-refractivity contribution in [2.75, 3.05) is 25.6 Å². The van der Waals surface area contributed by atoms with Crippen LogP contribution >= 0.6 is 35.4 Å². The highest BCUT2D eigenvalue weighted by atomic mass is 35.5. The normalized spacial score (nSPS) is 10.4. The molecule has 6 heteroatoms. The lowest BCUT2D eigenvalue weighted by molar-refractivity contribution is 0.175. The summed E-state index contributed by atoms with van der Waals surface area (Å²) in [6.07, 6.45) is 0. The Morgan fingerprint density at radius 3 is 2.52 bits per heavy atom. The molecule has 23 heavy (non-hydrogen) atoms. The maximum absolute atomic E-state index is 6.04. The first-order chi connectivity index (χ1) is 11.1. The van der Waals surface area contributed by atoms with Crippen LogP contribution in [0.2, 0.25) is 10.0 Å². The average Bonchev–Trinajstić information content (AvgIpc) is 2.55. The second-order valence-electron chi connectivity index (χ2n) is 4.96. The number of ether oxygens (including phenoxy) is 1. The van der Waals surface area contributed by atoms with Gasteiger partial charge in [0.15, 0.2) is 5.11 Å². The van der Waals surface area contributed by atoms with E-state index in [4.69, 9.17) is 40.2 Å². The zero-order valence-corrected chi connectivity index (χ0v) is 15.1. The second-order valence-corrected chi connectivity index (χ2v) is 6.16. The van der Waals surface area contributed by atoms with Gasteiger partial charge in [0.25, 0.3) is 0 Å². The van der Waals surface area contributed by atoms with Gasteiger partial charge in [0.2, 0.25) is 0 Å². The summed E-state index contributed by atoms with van der Waals surface area (Å²) in [5, 5.41) is 4.82. The molecule has 0 aliphatic carbocycles. The van der Waals surface area contributed by atoms with Crippen LogP contribution in [0.3, 0.4) is 0 Å². The predicted molar refractivity (Wildman–Crippen MR) is 101 cm³/mol. The quantitative estimate of drug-likeness (QED) is 0.737. The second kappa shape index (κ2) is 9.08. The monoisotopic (exact) mass is 368 g/mol. The fourth-order valence-corrected chi connectivity index (χ4v) is 2.61. The van der Waals surface area contributed by atoms with Gasteiger partial charge in [-0.05, 0) is 36.0 Å². The molecule has 0 aliphatic heterocycles. The molecule has 0 heterocycles. The van der Waals surface area contributed by atoms with E-state index in [2.05, 4.69) is 22.3 Å². The number of nitrogens with zero attached hydrogens (tertiary/aromatic N) is 1. The first-order valence-electron chi connectivity index (χ1n) is 7.14. The van der Waals surface area contributed by atoms with Crippen LogP contribution in [0.5, 0.6) is 0 Å². The van der Waals surface area contributed by atoms with Gasteiger partial charge in [-0.3, -0.25) is 0 Å². The number of halogens is 2. The van der Waals surface area contributed by atoms with E-state index in [1.54, 1.807) is 19.2 Å². The first-order valence-corrected chi connectivity index (χ1v) is 8.30. The molecule has 2 aromatic rings. The van der Waals surface area contributed by atoms with Gasteiger partial charge in [0.1, 0.15) is 0 Å². The Hall–Kier alpha value is -1.33. The molecule has 122 valence electrons. The Morgan fingerprint density at radius 1 is 1.13 bits per heavy atom. The minimum atomic E-state index is 0.492. The molecule has 3 nitrogen and oxygen atoms in total. The molecule has 2 aromatic carbocycles. The number of methoxy groups -OCH3 is 1. The molecule has 0 amide bonds. The van der Waals surface area contributed by atoms with Crippen LogP contribution in [-0.4, -0.2) is 30.3 Å². The molecule has 1 N–H and O–H groups in total. The van der Waals surface area contributed by atoms with E-state index in [0.717, 1.165) is 5.69 Å². The van der Waals surface area contributed by atoms with Crippen LogP contribution in [0.1, 0.15) is 5.56 Å². The van der Waals surface area contributed by atoms with Crippen LogP contribution in [0.15, 0.2) is 48.5 Å². The van der Waals surface area contributed by atoms with Crippen molar-refractivity contribution in [2.24, 2.45) is 0 Å². The maximum Gasteiger partial charge on any atom is 0.173 e. The summed E-state index contributed by atoms with van der Waals surface area (Å²) in [6.45, 7) is 1.99. The molecule has 0 aliphatic rings. The number of thiocarbonyl (C=S) groups is 1. The summed E-state index contributed by atoms with van der Waals surface area (Å²) < 4.78 is 5.18. The van der Waals surface area contributed by atoms with Crippen molar-refractivity contribution in [3.63, 3.8) is 0 Å². The van der Waals surface area contributed by atoms with E-state index in [1.165, 1.54) is 5.56 Å². The van der Waals surface area contributed by atoms with Crippen LogP contribution < -0.4 is 5.32 Å². The summed E-state index contributed by atoms with van der Waals surface area (Å²) in [7, 11) is 1.68. The summed E-state index contributed by atoms with van der Waals surface area (Å²) in [6, 6.07) is 15.5. The van der Waals surface area contributed by atoms with Crippen molar-refractivity contribution in [3.8, 4) is 0 Å². The van der Waals surface area contributed by atoms with Gasteiger partial charge in [-0.2, -0.15) is 0 Å². The van der Waals surface area contributed by atoms with E-state index in [0.29, 0.717) is 34.9 Å². The average molecular weight is 369 g/mol. The fraction of sp³-hybridized carbons (Fsp3) is 0.235. The zero-order valence-electron chi connectivity index (χ0n) is 12.8. The standard InChI is InChI=1S/C17H18Cl2N2OS/c1-22-10-9-21(12-13-5-3-2-4-6-13)17(23)20-14-7-8-15(18)16(19)11-14/h2-8,11H,9-10,12H2,1H3,(H,20,23). The van der Waals surface area contributed by atoms with Gasteiger partial charge in [-0.25, -0.2) is 0 Å². The third kappa shape index (κ3) is 5.66. The van der Waals surface area contributed by atoms with Crippen molar-refractivity contribution in [3.05, 3.63) is 64.1 Å². The van der Waals surface area contributed by atoms with E-state index in [1.807, 2.05) is 24.3 Å². The van der Waals surface area contributed by atoms with Crippen molar-refractivity contribution in [1.29, 1.82) is 0 Å². The third-order valence-electron chi connectivity index (χ3n) is 3.24. The zero-order chi connectivity index (χ0) is 16.7. The smallest absolute Gasteiger partial charge is 0.173 e. The summed E-state index contributed by atoms with van der Waals surface area (Å²) >= 11 is 17.5. The molecule has 2 rings (SSSR count).